The molecule has 0 amide bonds. The highest BCUT2D eigenvalue weighted by Crippen LogP contribution is 2.25. The summed E-state index contributed by atoms with van der Waals surface area (Å²) in [6.45, 7) is 6.15. The van der Waals surface area contributed by atoms with Gasteiger partial charge in [0.15, 0.2) is 0 Å². The molecular formula is C35H46O4. The molecule has 0 radical (unpaired) electrons. The summed E-state index contributed by atoms with van der Waals surface area (Å²) in [5, 5.41) is 0. The van der Waals surface area contributed by atoms with Gasteiger partial charge in [-0.15, -0.1) is 0 Å². The van der Waals surface area contributed by atoms with Crippen LogP contribution in [0.25, 0.3) is 11.1 Å². The van der Waals surface area contributed by atoms with Crippen molar-refractivity contribution in [1.82, 2.24) is 0 Å². The molecule has 39 heavy (non-hydrogen) atoms. The maximum absolute atomic E-state index is 12.2. The van der Waals surface area contributed by atoms with E-state index < -0.39 is 0 Å². The molecule has 0 bridgehead atoms. The summed E-state index contributed by atoms with van der Waals surface area (Å²) in [5.41, 5.74) is 3.87. The minimum absolute atomic E-state index is 0.258. The molecule has 0 N–H and O–H groups in total. The first kappa shape index (κ1) is 30.3. The number of carbonyl (C=O) groups excluding carboxylic acids is 1. The van der Waals surface area contributed by atoms with E-state index in [2.05, 4.69) is 38.1 Å². The molecule has 0 aliphatic heterocycles. The van der Waals surface area contributed by atoms with Crippen LogP contribution in [0.15, 0.2) is 72.8 Å². The third kappa shape index (κ3) is 11.6. The van der Waals surface area contributed by atoms with Crippen molar-refractivity contribution in [2.75, 3.05) is 13.2 Å². The molecular weight excluding hydrogens is 484 g/mol. The number of hydrogen-bond acceptors (Lipinski definition) is 4. The summed E-state index contributed by atoms with van der Waals surface area (Å²) >= 11 is 0. The molecule has 0 unspecified atom stereocenters. The number of carbonyl (C=O) groups is 1. The van der Waals surface area contributed by atoms with Gasteiger partial charge in [-0.25, -0.2) is 4.79 Å². The van der Waals surface area contributed by atoms with E-state index in [4.69, 9.17) is 14.2 Å². The van der Waals surface area contributed by atoms with Crippen molar-refractivity contribution in [1.29, 1.82) is 0 Å². The molecule has 0 aliphatic rings. The van der Waals surface area contributed by atoms with Crippen molar-refractivity contribution < 1.29 is 19.0 Å². The molecule has 4 nitrogen and oxygen atoms in total. The van der Waals surface area contributed by atoms with Gasteiger partial charge in [-0.05, 0) is 65.9 Å². The second kappa shape index (κ2) is 18.1. The lowest BCUT2D eigenvalue weighted by Crippen LogP contribution is -2.06. The zero-order valence-corrected chi connectivity index (χ0v) is 24.0. The summed E-state index contributed by atoms with van der Waals surface area (Å²) < 4.78 is 17.3. The molecule has 0 aromatic heterocycles. The Labute approximate surface area is 235 Å². The first-order valence-corrected chi connectivity index (χ1v) is 14.9. The fourth-order valence-corrected chi connectivity index (χ4v) is 4.42. The average Bonchev–Trinajstić information content (AvgIpc) is 2.98. The number of hydrogen-bond donors (Lipinski definition) is 0. The van der Waals surface area contributed by atoms with Gasteiger partial charge in [0.25, 0.3) is 0 Å². The van der Waals surface area contributed by atoms with Crippen molar-refractivity contribution in [3.05, 3.63) is 83.9 Å². The molecule has 0 spiro atoms. The Morgan fingerprint density at radius 3 is 1.59 bits per heavy atom. The first-order valence-electron chi connectivity index (χ1n) is 14.9. The molecule has 0 heterocycles. The SMILES string of the molecule is CCCCCCCCOc1ccc(-c2ccc(OCc3ccc(C(=O)OCCCCCCC)cc3)cc2)cc1. The Morgan fingerprint density at radius 1 is 0.538 bits per heavy atom. The molecule has 0 saturated heterocycles. The van der Waals surface area contributed by atoms with E-state index in [9.17, 15) is 4.79 Å². The Kier molecular flexibility index (Phi) is 14.0. The normalized spacial score (nSPS) is 10.8. The zero-order valence-electron chi connectivity index (χ0n) is 24.0. The summed E-state index contributed by atoms with van der Waals surface area (Å²) in [5.74, 6) is 1.48. The summed E-state index contributed by atoms with van der Waals surface area (Å²) in [6, 6.07) is 23.9. The Bertz CT molecular complexity index is 1060. The maximum atomic E-state index is 12.2. The standard InChI is InChI=1S/C35H46O4/c1-3-5-7-9-11-12-26-37-33-22-18-30(19-23-33)31-20-24-34(25-21-31)39-28-29-14-16-32(17-15-29)35(36)38-27-13-10-8-6-4-2/h14-25H,3-13,26-28H2,1-2H3. The third-order valence-corrected chi connectivity index (χ3v) is 6.88. The van der Waals surface area contributed by atoms with Gasteiger partial charge in [0.2, 0.25) is 0 Å². The number of unbranched alkanes of at least 4 members (excludes halogenated alkanes) is 9. The minimum Gasteiger partial charge on any atom is -0.494 e. The van der Waals surface area contributed by atoms with Crippen LogP contribution in [-0.2, 0) is 11.3 Å². The summed E-state index contributed by atoms with van der Waals surface area (Å²) in [7, 11) is 0. The van der Waals surface area contributed by atoms with Crippen LogP contribution in [0, 0.1) is 0 Å². The van der Waals surface area contributed by atoms with Gasteiger partial charge < -0.3 is 14.2 Å². The van der Waals surface area contributed by atoms with Crippen molar-refractivity contribution >= 4 is 5.97 Å². The third-order valence-electron chi connectivity index (χ3n) is 6.88. The van der Waals surface area contributed by atoms with Crippen LogP contribution < -0.4 is 9.47 Å². The highest BCUT2D eigenvalue weighted by molar-refractivity contribution is 5.89. The highest BCUT2D eigenvalue weighted by atomic mass is 16.5. The smallest absolute Gasteiger partial charge is 0.338 e. The molecule has 3 aromatic rings. The maximum Gasteiger partial charge on any atom is 0.338 e. The predicted octanol–water partition coefficient (Wildman–Crippen LogP) is 9.80. The van der Waals surface area contributed by atoms with Gasteiger partial charge in [0.1, 0.15) is 18.1 Å². The quantitative estimate of drug-likeness (QED) is 0.114. The summed E-state index contributed by atoms with van der Waals surface area (Å²) in [6.07, 6.45) is 13.3. The van der Waals surface area contributed by atoms with Crippen LogP contribution in [0.2, 0.25) is 0 Å². The Balaban J connectivity index is 1.37. The Morgan fingerprint density at radius 2 is 1.03 bits per heavy atom. The fourth-order valence-electron chi connectivity index (χ4n) is 4.42. The molecule has 0 fully saturated rings. The van der Waals surface area contributed by atoms with Crippen molar-refractivity contribution in [2.45, 2.75) is 91.1 Å². The topological polar surface area (TPSA) is 44.8 Å². The van der Waals surface area contributed by atoms with Crippen molar-refractivity contribution in [3.8, 4) is 22.6 Å². The van der Waals surface area contributed by atoms with Crippen LogP contribution >= 0.6 is 0 Å². The highest BCUT2D eigenvalue weighted by Gasteiger charge is 2.07. The predicted molar refractivity (Wildman–Crippen MR) is 161 cm³/mol. The number of esters is 1. The second-order valence-corrected chi connectivity index (χ2v) is 10.2. The van der Waals surface area contributed by atoms with Gasteiger partial charge >= 0.3 is 5.97 Å². The number of rotatable bonds is 19. The van der Waals surface area contributed by atoms with Crippen molar-refractivity contribution in [2.24, 2.45) is 0 Å². The van der Waals surface area contributed by atoms with Crippen LogP contribution in [0.4, 0.5) is 0 Å². The van der Waals surface area contributed by atoms with Crippen LogP contribution in [-0.4, -0.2) is 19.2 Å². The van der Waals surface area contributed by atoms with Gasteiger partial charge in [0, 0.05) is 0 Å². The van der Waals surface area contributed by atoms with Gasteiger partial charge in [0.05, 0.1) is 18.8 Å². The average molecular weight is 531 g/mol. The van der Waals surface area contributed by atoms with E-state index in [1.165, 1.54) is 51.4 Å². The van der Waals surface area contributed by atoms with E-state index in [1.54, 1.807) is 0 Å². The molecule has 0 atom stereocenters. The van der Waals surface area contributed by atoms with Crippen LogP contribution in [0.1, 0.15) is 100 Å². The lowest BCUT2D eigenvalue weighted by Gasteiger charge is -2.10. The molecule has 4 heteroatoms. The summed E-state index contributed by atoms with van der Waals surface area (Å²) in [4.78, 5) is 12.2. The minimum atomic E-state index is -0.258. The monoisotopic (exact) mass is 530 g/mol. The van der Waals surface area contributed by atoms with Crippen LogP contribution in [0.5, 0.6) is 11.5 Å². The van der Waals surface area contributed by atoms with Gasteiger partial charge in [-0.1, -0.05) is 108 Å². The largest absolute Gasteiger partial charge is 0.494 e. The van der Waals surface area contributed by atoms with E-state index in [-0.39, 0.29) is 5.97 Å². The zero-order chi connectivity index (χ0) is 27.5. The molecule has 210 valence electrons. The lowest BCUT2D eigenvalue weighted by molar-refractivity contribution is 0.0497. The van der Waals surface area contributed by atoms with E-state index in [1.807, 2.05) is 48.5 Å². The van der Waals surface area contributed by atoms with Gasteiger partial charge in [-0.3, -0.25) is 0 Å². The lowest BCUT2D eigenvalue weighted by atomic mass is 10.1. The second-order valence-electron chi connectivity index (χ2n) is 10.2. The first-order chi connectivity index (χ1) is 19.2. The molecule has 0 saturated carbocycles. The van der Waals surface area contributed by atoms with Crippen molar-refractivity contribution in [3.63, 3.8) is 0 Å². The molecule has 0 aliphatic carbocycles. The molecule has 3 rings (SSSR count). The molecule has 3 aromatic carbocycles. The van der Waals surface area contributed by atoms with E-state index >= 15 is 0 Å². The van der Waals surface area contributed by atoms with E-state index in [0.717, 1.165) is 54.1 Å². The number of benzene rings is 3. The number of ether oxygens (including phenoxy) is 3. The van der Waals surface area contributed by atoms with E-state index in [0.29, 0.717) is 18.8 Å². The van der Waals surface area contributed by atoms with Crippen LogP contribution in [0.3, 0.4) is 0 Å². The van der Waals surface area contributed by atoms with Gasteiger partial charge in [-0.2, -0.15) is 0 Å². The Hall–Kier alpha value is -3.27. The fraction of sp³-hybridized carbons (Fsp3) is 0.457.